The molecule has 0 bridgehead atoms. The number of imidazole rings is 1. The molecule has 1 unspecified atom stereocenters. The summed E-state index contributed by atoms with van der Waals surface area (Å²) >= 11 is 8.54. The van der Waals surface area contributed by atoms with E-state index in [0.29, 0.717) is 6.04 Å². The molecular formula is C13H14Br2N4OS. The first kappa shape index (κ1) is 14.2. The third-order valence-electron chi connectivity index (χ3n) is 3.94. The average Bonchev–Trinajstić information content (AvgIpc) is 3.12. The van der Waals surface area contributed by atoms with Gasteiger partial charge in [-0.15, -0.1) is 11.3 Å². The van der Waals surface area contributed by atoms with Gasteiger partial charge in [0.15, 0.2) is 15.7 Å². The van der Waals surface area contributed by atoms with Crippen molar-refractivity contribution in [2.24, 2.45) is 5.92 Å². The predicted octanol–water partition coefficient (Wildman–Crippen LogP) is 3.47. The van der Waals surface area contributed by atoms with E-state index >= 15 is 0 Å². The molecule has 5 nitrogen and oxygen atoms in total. The second-order valence-corrected chi connectivity index (χ2v) is 7.72. The minimum absolute atomic E-state index is 0.496. The van der Waals surface area contributed by atoms with Crippen LogP contribution >= 0.6 is 43.2 Å². The Morgan fingerprint density at radius 1 is 1.29 bits per heavy atom. The summed E-state index contributed by atoms with van der Waals surface area (Å²) in [6.07, 6.45) is 4.56. The van der Waals surface area contributed by atoms with Gasteiger partial charge < -0.3 is 9.64 Å². The maximum absolute atomic E-state index is 5.66. The Labute approximate surface area is 143 Å². The van der Waals surface area contributed by atoms with E-state index in [1.54, 1.807) is 11.3 Å². The summed E-state index contributed by atoms with van der Waals surface area (Å²) < 4.78 is 9.15. The molecule has 0 N–H and O–H groups in total. The van der Waals surface area contributed by atoms with Gasteiger partial charge >= 0.3 is 0 Å². The predicted molar refractivity (Wildman–Crippen MR) is 89.3 cm³/mol. The van der Waals surface area contributed by atoms with Gasteiger partial charge in [0.1, 0.15) is 4.60 Å². The van der Waals surface area contributed by atoms with Crippen molar-refractivity contribution in [3.63, 3.8) is 0 Å². The van der Waals surface area contributed by atoms with Crippen LogP contribution in [0.5, 0.6) is 0 Å². The number of hydrogen-bond donors (Lipinski definition) is 0. The summed E-state index contributed by atoms with van der Waals surface area (Å²) in [5.74, 6) is 1.69. The van der Waals surface area contributed by atoms with Crippen LogP contribution in [0.3, 0.4) is 0 Å². The first-order valence-corrected chi connectivity index (χ1v) is 9.39. The van der Waals surface area contributed by atoms with Crippen molar-refractivity contribution in [3.05, 3.63) is 20.9 Å². The van der Waals surface area contributed by atoms with E-state index in [9.17, 15) is 0 Å². The Kier molecular flexibility index (Phi) is 3.81. The quantitative estimate of drug-likeness (QED) is 0.743. The first-order chi connectivity index (χ1) is 10.2. The topological polar surface area (TPSA) is 43.2 Å². The lowest BCUT2D eigenvalue weighted by Crippen LogP contribution is -2.46. The zero-order valence-electron chi connectivity index (χ0n) is 11.2. The molecule has 2 aliphatic rings. The van der Waals surface area contributed by atoms with Gasteiger partial charge in [0.2, 0.25) is 0 Å². The number of rotatable bonds is 3. The summed E-state index contributed by atoms with van der Waals surface area (Å²) in [7, 11) is 0. The molecule has 1 saturated carbocycles. The number of nitrogens with zero attached hydrogens (tertiary/aromatic N) is 4. The standard InChI is InChI=1S/C13H14Br2N4OS/c14-10-5-19(12(15)16-10)11-7-21-13(17-11)18-3-4-20-6-9(18)8-1-2-8/h5,7-9H,1-4,6H2. The third kappa shape index (κ3) is 2.78. The molecule has 1 atom stereocenters. The minimum atomic E-state index is 0.496. The van der Waals surface area contributed by atoms with Gasteiger partial charge in [-0.25, -0.2) is 9.97 Å². The van der Waals surface area contributed by atoms with Gasteiger partial charge in [0, 0.05) is 18.1 Å². The highest BCUT2D eigenvalue weighted by Gasteiger charge is 2.38. The number of thiazole rings is 1. The van der Waals surface area contributed by atoms with Crippen molar-refractivity contribution >= 4 is 48.3 Å². The van der Waals surface area contributed by atoms with Crippen LogP contribution in [0.15, 0.2) is 20.9 Å². The Bertz CT molecular complexity index is 654. The molecule has 8 heteroatoms. The summed E-state index contributed by atoms with van der Waals surface area (Å²) in [4.78, 5) is 11.5. The largest absolute Gasteiger partial charge is 0.377 e. The molecule has 21 heavy (non-hydrogen) atoms. The molecule has 112 valence electrons. The molecule has 2 fully saturated rings. The van der Waals surface area contributed by atoms with Crippen molar-refractivity contribution in [2.75, 3.05) is 24.7 Å². The van der Waals surface area contributed by atoms with E-state index < -0.39 is 0 Å². The van der Waals surface area contributed by atoms with Gasteiger partial charge in [-0.3, -0.25) is 4.57 Å². The fourth-order valence-electron chi connectivity index (χ4n) is 2.72. The molecule has 4 rings (SSSR count). The molecule has 0 spiro atoms. The van der Waals surface area contributed by atoms with E-state index in [0.717, 1.165) is 46.0 Å². The van der Waals surface area contributed by atoms with Crippen molar-refractivity contribution in [2.45, 2.75) is 18.9 Å². The van der Waals surface area contributed by atoms with E-state index in [1.165, 1.54) is 12.8 Å². The average molecular weight is 434 g/mol. The number of morpholine rings is 1. The van der Waals surface area contributed by atoms with Gasteiger partial charge in [0.25, 0.3) is 0 Å². The SMILES string of the molecule is Brc1cn(-c2csc(N3CCOCC3C3CC3)n2)c(Br)n1. The molecular weight excluding hydrogens is 420 g/mol. The third-order valence-corrected chi connectivity index (χ3v) is 5.74. The number of anilines is 1. The maximum atomic E-state index is 5.66. The summed E-state index contributed by atoms with van der Waals surface area (Å²) in [5.41, 5.74) is 0. The molecule has 1 saturated heterocycles. The van der Waals surface area contributed by atoms with E-state index in [-0.39, 0.29) is 0 Å². The van der Waals surface area contributed by atoms with Crippen molar-refractivity contribution in [1.29, 1.82) is 0 Å². The van der Waals surface area contributed by atoms with Crippen LogP contribution in [0.2, 0.25) is 0 Å². The van der Waals surface area contributed by atoms with Crippen LogP contribution in [0, 0.1) is 5.92 Å². The smallest absolute Gasteiger partial charge is 0.187 e. The highest BCUT2D eigenvalue weighted by atomic mass is 79.9. The fraction of sp³-hybridized carbons (Fsp3) is 0.538. The highest BCUT2D eigenvalue weighted by Crippen LogP contribution is 2.39. The number of halogens is 2. The van der Waals surface area contributed by atoms with Gasteiger partial charge in [-0.05, 0) is 50.6 Å². The molecule has 0 aromatic carbocycles. The summed E-state index contributed by atoms with van der Waals surface area (Å²) in [6, 6.07) is 0.496. The van der Waals surface area contributed by atoms with Crippen LogP contribution in [0.1, 0.15) is 12.8 Å². The Hall–Kier alpha value is -0.440. The van der Waals surface area contributed by atoms with Crippen LogP contribution in [-0.4, -0.2) is 40.3 Å². The second-order valence-electron chi connectivity index (χ2n) is 5.36. The van der Waals surface area contributed by atoms with Crippen LogP contribution in [0.4, 0.5) is 5.13 Å². The van der Waals surface area contributed by atoms with Gasteiger partial charge in [0.05, 0.1) is 19.3 Å². The molecule has 2 aromatic rings. The van der Waals surface area contributed by atoms with Crippen LogP contribution in [-0.2, 0) is 4.74 Å². The van der Waals surface area contributed by atoms with Gasteiger partial charge in [-0.1, -0.05) is 0 Å². The fourth-order valence-corrected chi connectivity index (χ4v) is 4.69. The number of hydrogen-bond acceptors (Lipinski definition) is 5. The highest BCUT2D eigenvalue weighted by molar-refractivity contribution is 9.11. The molecule has 0 amide bonds. The molecule has 1 aliphatic carbocycles. The lowest BCUT2D eigenvalue weighted by molar-refractivity contribution is 0.0878. The van der Waals surface area contributed by atoms with Crippen LogP contribution < -0.4 is 4.90 Å². The van der Waals surface area contributed by atoms with Crippen molar-refractivity contribution in [1.82, 2.24) is 14.5 Å². The van der Waals surface area contributed by atoms with E-state index in [1.807, 2.05) is 10.8 Å². The summed E-state index contributed by atoms with van der Waals surface area (Å²) in [6.45, 7) is 2.56. The molecule has 3 heterocycles. The number of ether oxygens (including phenoxy) is 1. The zero-order chi connectivity index (χ0) is 14.4. The minimum Gasteiger partial charge on any atom is -0.377 e. The lowest BCUT2D eigenvalue weighted by atomic mass is 10.1. The summed E-state index contributed by atoms with van der Waals surface area (Å²) in [5, 5.41) is 3.16. The lowest BCUT2D eigenvalue weighted by Gasteiger charge is -2.35. The Balaban J connectivity index is 1.62. The van der Waals surface area contributed by atoms with E-state index in [2.05, 4.69) is 47.1 Å². The number of aromatic nitrogens is 3. The normalized spacial score (nSPS) is 22.8. The second kappa shape index (κ2) is 5.64. The molecule has 1 aliphatic heterocycles. The van der Waals surface area contributed by atoms with E-state index in [4.69, 9.17) is 9.72 Å². The van der Waals surface area contributed by atoms with Crippen molar-refractivity contribution < 1.29 is 4.74 Å². The van der Waals surface area contributed by atoms with Gasteiger partial charge in [-0.2, -0.15) is 0 Å². The molecule has 0 radical (unpaired) electrons. The monoisotopic (exact) mass is 432 g/mol. The van der Waals surface area contributed by atoms with Crippen LogP contribution in [0.25, 0.3) is 5.82 Å². The Morgan fingerprint density at radius 2 is 2.14 bits per heavy atom. The molecule has 2 aromatic heterocycles. The first-order valence-electron chi connectivity index (χ1n) is 6.93. The zero-order valence-corrected chi connectivity index (χ0v) is 15.2. The maximum Gasteiger partial charge on any atom is 0.187 e. The van der Waals surface area contributed by atoms with Crippen molar-refractivity contribution in [3.8, 4) is 5.82 Å². The Morgan fingerprint density at radius 3 is 2.86 bits per heavy atom.